The van der Waals surface area contributed by atoms with Gasteiger partial charge in [-0.05, 0) is 26.1 Å². The second kappa shape index (κ2) is 7.93. The molecule has 19 heavy (non-hydrogen) atoms. The smallest absolute Gasteiger partial charge is 0.234 e. The fourth-order valence-corrected chi connectivity index (χ4v) is 1.83. The van der Waals surface area contributed by atoms with Gasteiger partial charge in [-0.3, -0.25) is 9.69 Å². The Morgan fingerprint density at radius 2 is 2.32 bits per heavy atom. The fraction of sp³-hybridized carbons (Fsp3) is 0.615. The van der Waals surface area contributed by atoms with Crippen LogP contribution in [0.15, 0.2) is 16.5 Å². The molecule has 0 radical (unpaired) electrons. The number of nitrogens with zero attached hydrogens (tertiary/aromatic N) is 1. The first kappa shape index (κ1) is 15.7. The Kier molecular flexibility index (Phi) is 6.55. The van der Waals surface area contributed by atoms with Gasteiger partial charge in [0, 0.05) is 20.2 Å². The average Bonchev–Trinajstić information content (AvgIpc) is 2.77. The monoisotopic (exact) mass is 269 g/mol. The van der Waals surface area contributed by atoms with Crippen LogP contribution in [0, 0.1) is 6.92 Å². The maximum Gasteiger partial charge on any atom is 0.234 e. The number of carbonyl (C=O) groups excluding carboxylic acids is 1. The van der Waals surface area contributed by atoms with E-state index in [4.69, 9.17) is 14.9 Å². The Balaban J connectivity index is 2.50. The predicted molar refractivity (Wildman–Crippen MR) is 72.8 cm³/mol. The highest BCUT2D eigenvalue weighted by Gasteiger charge is 2.20. The summed E-state index contributed by atoms with van der Waals surface area (Å²) in [5.41, 5.74) is 5.76. The lowest BCUT2D eigenvalue weighted by molar-refractivity contribution is -0.122. The van der Waals surface area contributed by atoms with Gasteiger partial charge in [0.1, 0.15) is 11.5 Å². The van der Waals surface area contributed by atoms with Crippen LogP contribution in [-0.2, 0) is 9.53 Å². The van der Waals surface area contributed by atoms with Crippen LogP contribution in [-0.4, -0.2) is 51.2 Å². The van der Waals surface area contributed by atoms with Gasteiger partial charge in [0.05, 0.1) is 19.2 Å². The minimum atomic E-state index is -0.0955. The van der Waals surface area contributed by atoms with Gasteiger partial charge in [0.25, 0.3) is 0 Å². The van der Waals surface area contributed by atoms with Crippen LogP contribution in [0.3, 0.4) is 0 Å². The molecule has 6 nitrogen and oxygen atoms in total. The molecule has 0 spiro atoms. The maximum atomic E-state index is 11.7. The lowest BCUT2D eigenvalue weighted by Crippen LogP contribution is -2.40. The molecular weight excluding hydrogens is 246 g/mol. The molecule has 1 amide bonds. The molecule has 0 saturated carbocycles. The summed E-state index contributed by atoms with van der Waals surface area (Å²) < 4.78 is 10.4. The molecule has 0 bridgehead atoms. The average molecular weight is 269 g/mol. The zero-order chi connectivity index (χ0) is 14.3. The zero-order valence-electron chi connectivity index (χ0n) is 11.8. The molecule has 0 aliphatic heterocycles. The van der Waals surface area contributed by atoms with Crippen molar-refractivity contribution in [3.8, 4) is 0 Å². The van der Waals surface area contributed by atoms with Crippen LogP contribution >= 0.6 is 0 Å². The molecule has 1 rings (SSSR count). The quantitative estimate of drug-likeness (QED) is 0.663. The standard InChI is InChI=1S/C13H23N3O3/c1-10-4-5-12(19-10)11(8-14)16(2)9-13(17)15-6-7-18-3/h4-5,11H,6-9,14H2,1-3H3,(H,15,17). The summed E-state index contributed by atoms with van der Waals surface area (Å²) >= 11 is 0. The maximum absolute atomic E-state index is 11.7. The summed E-state index contributed by atoms with van der Waals surface area (Å²) in [5.74, 6) is 1.57. The molecule has 1 aromatic rings. The van der Waals surface area contributed by atoms with Crippen molar-refractivity contribution in [3.63, 3.8) is 0 Å². The molecule has 0 aliphatic rings. The molecule has 1 heterocycles. The second-order valence-corrected chi connectivity index (χ2v) is 4.46. The minimum absolute atomic E-state index is 0.0544. The highest BCUT2D eigenvalue weighted by Crippen LogP contribution is 2.20. The number of likely N-dealkylation sites (N-methyl/N-ethyl adjacent to an activating group) is 1. The predicted octanol–water partition coefficient (Wildman–Crippen LogP) is 0.282. The van der Waals surface area contributed by atoms with Crippen molar-refractivity contribution >= 4 is 5.91 Å². The molecule has 0 aliphatic carbocycles. The molecule has 0 fully saturated rings. The molecular formula is C13H23N3O3. The number of nitrogens with two attached hydrogens (primary N) is 1. The number of rotatable bonds is 8. The lowest BCUT2D eigenvalue weighted by Gasteiger charge is -2.24. The third kappa shape index (κ3) is 5.02. The molecule has 108 valence electrons. The number of furan rings is 1. The van der Waals surface area contributed by atoms with Gasteiger partial charge in [0.2, 0.25) is 5.91 Å². The van der Waals surface area contributed by atoms with Gasteiger partial charge in [-0.2, -0.15) is 0 Å². The van der Waals surface area contributed by atoms with Crippen molar-refractivity contribution in [2.45, 2.75) is 13.0 Å². The Morgan fingerprint density at radius 3 is 2.84 bits per heavy atom. The van der Waals surface area contributed by atoms with E-state index in [1.165, 1.54) is 0 Å². The summed E-state index contributed by atoms with van der Waals surface area (Å²) in [6.07, 6.45) is 0. The Labute approximate surface area is 113 Å². The van der Waals surface area contributed by atoms with Crippen molar-refractivity contribution < 1.29 is 13.9 Å². The van der Waals surface area contributed by atoms with Gasteiger partial charge in [-0.1, -0.05) is 0 Å². The van der Waals surface area contributed by atoms with Crippen molar-refractivity contribution in [2.24, 2.45) is 5.73 Å². The first-order valence-corrected chi connectivity index (χ1v) is 6.30. The number of nitrogens with one attached hydrogen (secondary N) is 1. The third-order valence-corrected chi connectivity index (χ3v) is 2.87. The fourth-order valence-electron chi connectivity index (χ4n) is 1.83. The molecule has 0 saturated heterocycles. The first-order chi connectivity index (χ1) is 9.08. The number of methoxy groups -OCH3 is 1. The second-order valence-electron chi connectivity index (χ2n) is 4.46. The lowest BCUT2D eigenvalue weighted by atomic mass is 10.2. The molecule has 3 N–H and O–H groups in total. The number of hydrogen-bond acceptors (Lipinski definition) is 5. The van der Waals surface area contributed by atoms with Gasteiger partial charge >= 0.3 is 0 Å². The van der Waals surface area contributed by atoms with E-state index in [0.29, 0.717) is 19.7 Å². The van der Waals surface area contributed by atoms with E-state index in [2.05, 4.69) is 5.32 Å². The molecule has 1 aromatic heterocycles. The third-order valence-electron chi connectivity index (χ3n) is 2.87. The number of amides is 1. The van der Waals surface area contributed by atoms with Crippen molar-refractivity contribution in [2.75, 3.05) is 40.4 Å². The highest BCUT2D eigenvalue weighted by atomic mass is 16.5. The summed E-state index contributed by atoms with van der Waals surface area (Å²) in [7, 11) is 3.45. The number of carbonyl (C=O) groups is 1. The molecule has 0 aromatic carbocycles. The van der Waals surface area contributed by atoms with E-state index in [0.717, 1.165) is 11.5 Å². The van der Waals surface area contributed by atoms with Crippen LogP contribution < -0.4 is 11.1 Å². The van der Waals surface area contributed by atoms with Crippen molar-refractivity contribution in [3.05, 3.63) is 23.7 Å². The van der Waals surface area contributed by atoms with Crippen LogP contribution in [0.1, 0.15) is 17.6 Å². The van der Waals surface area contributed by atoms with Crippen LogP contribution in [0.2, 0.25) is 0 Å². The van der Waals surface area contributed by atoms with E-state index >= 15 is 0 Å². The van der Waals surface area contributed by atoms with Crippen LogP contribution in [0.5, 0.6) is 0 Å². The summed E-state index contributed by atoms with van der Waals surface area (Å²) in [4.78, 5) is 13.6. The Morgan fingerprint density at radius 1 is 1.58 bits per heavy atom. The van der Waals surface area contributed by atoms with Gasteiger partial charge in [0.15, 0.2) is 0 Å². The highest BCUT2D eigenvalue weighted by molar-refractivity contribution is 5.78. The zero-order valence-corrected chi connectivity index (χ0v) is 11.8. The number of ether oxygens (including phenoxy) is 1. The van der Waals surface area contributed by atoms with E-state index in [1.807, 2.05) is 31.0 Å². The van der Waals surface area contributed by atoms with E-state index in [9.17, 15) is 4.79 Å². The van der Waals surface area contributed by atoms with E-state index < -0.39 is 0 Å². The number of hydrogen-bond donors (Lipinski definition) is 2. The first-order valence-electron chi connectivity index (χ1n) is 6.30. The van der Waals surface area contributed by atoms with Gasteiger partial charge in [-0.15, -0.1) is 0 Å². The van der Waals surface area contributed by atoms with Crippen molar-refractivity contribution in [1.29, 1.82) is 0 Å². The Bertz CT molecular complexity index is 392. The molecule has 1 atom stereocenters. The largest absolute Gasteiger partial charge is 0.465 e. The molecule has 6 heteroatoms. The normalized spacial score (nSPS) is 12.7. The molecule has 1 unspecified atom stereocenters. The van der Waals surface area contributed by atoms with Gasteiger partial charge < -0.3 is 20.2 Å². The van der Waals surface area contributed by atoms with E-state index in [1.54, 1.807) is 7.11 Å². The van der Waals surface area contributed by atoms with E-state index in [-0.39, 0.29) is 18.5 Å². The van der Waals surface area contributed by atoms with Crippen molar-refractivity contribution in [1.82, 2.24) is 10.2 Å². The summed E-state index contributed by atoms with van der Waals surface area (Å²) in [6.45, 7) is 3.57. The van der Waals surface area contributed by atoms with Crippen LogP contribution in [0.25, 0.3) is 0 Å². The summed E-state index contributed by atoms with van der Waals surface area (Å²) in [6, 6.07) is 3.69. The van der Waals surface area contributed by atoms with Gasteiger partial charge in [-0.25, -0.2) is 0 Å². The number of aryl methyl sites for hydroxylation is 1. The summed E-state index contributed by atoms with van der Waals surface area (Å²) in [5, 5.41) is 2.77. The topological polar surface area (TPSA) is 80.7 Å². The SMILES string of the molecule is COCCNC(=O)CN(C)C(CN)c1ccc(C)o1. The minimum Gasteiger partial charge on any atom is -0.465 e. The van der Waals surface area contributed by atoms with Crippen LogP contribution in [0.4, 0.5) is 0 Å². The Hall–Kier alpha value is -1.37.